The molecule has 5 nitrogen and oxygen atoms in total. The Morgan fingerprint density at radius 3 is 2.50 bits per heavy atom. The fourth-order valence-electron chi connectivity index (χ4n) is 2.92. The van der Waals surface area contributed by atoms with Gasteiger partial charge in [-0.05, 0) is 39.0 Å². The van der Waals surface area contributed by atoms with Crippen LogP contribution in [0.3, 0.4) is 0 Å². The zero-order chi connectivity index (χ0) is 18.8. The van der Waals surface area contributed by atoms with Crippen molar-refractivity contribution in [2.45, 2.75) is 26.8 Å². The number of aryl methyl sites for hydroxylation is 2. The van der Waals surface area contributed by atoms with Crippen LogP contribution in [0.2, 0.25) is 0 Å². The van der Waals surface area contributed by atoms with E-state index in [1.54, 1.807) is 19.2 Å². The van der Waals surface area contributed by atoms with Crippen molar-refractivity contribution >= 4 is 16.9 Å². The number of nitrogens with one attached hydrogen (secondary N) is 1. The van der Waals surface area contributed by atoms with E-state index in [9.17, 15) is 9.59 Å². The summed E-state index contributed by atoms with van der Waals surface area (Å²) in [5, 5.41) is 3.33. The summed E-state index contributed by atoms with van der Waals surface area (Å²) >= 11 is 0. The van der Waals surface area contributed by atoms with Crippen LogP contribution in [0.1, 0.15) is 40.2 Å². The number of fused-ring (bicyclic) bond motifs is 1. The van der Waals surface area contributed by atoms with Gasteiger partial charge in [0, 0.05) is 11.6 Å². The molecule has 0 spiro atoms. The largest absolute Gasteiger partial charge is 0.496 e. The van der Waals surface area contributed by atoms with E-state index in [4.69, 9.17) is 9.15 Å². The molecule has 0 aliphatic rings. The highest BCUT2D eigenvalue weighted by molar-refractivity contribution is 5.93. The zero-order valence-corrected chi connectivity index (χ0v) is 15.3. The number of carbonyl (C=O) groups is 1. The van der Waals surface area contributed by atoms with Gasteiger partial charge in [-0.25, -0.2) is 0 Å². The molecule has 0 aliphatic carbocycles. The van der Waals surface area contributed by atoms with E-state index in [0.717, 1.165) is 16.7 Å². The van der Waals surface area contributed by atoms with E-state index >= 15 is 0 Å². The van der Waals surface area contributed by atoms with E-state index in [0.29, 0.717) is 16.7 Å². The Bertz CT molecular complexity index is 1040. The Labute approximate surface area is 151 Å². The molecule has 3 rings (SSSR count). The molecule has 1 atom stereocenters. The number of rotatable bonds is 4. The molecule has 3 aromatic rings. The van der Waals surface area contributed by atoms with E-state index < -0.39 is 5.91 Å². The Balaban J connectivity index is 1.91. The maximum absolute atomic E-state index is 12.6. The van der Waals surface area contributed by atoms with Gasteiger partial charge in [-0.1, -0.05) is 29.3 Å². The van der Waals surface area contributed by atoms with Crippen molar-refractivity contribution < 1.29 is 13.9 Å². The van der Waals surface area contributed by atoms with E-state index in [1.165, 1.54) is 6.07 Å². The van der Waals surface area contributed by atoms with Crippen LogP contribution >= 0.6 is 0 Å². The first-order valence-corrected chi connectivity index (χ1v) is 8.39. The molecule has 1 aromatic heterocycles. The fourth-order valence-corrected chi connectivity index (χ4v) is 2.92. The van der Waals surface area contributed by atoms with Crippen molar-refractivity contribution in [3.63, 3.8) is 0 Å². The first-order chi connectivity index (χ1) is 12.4. The van der Waals surface area contributed by atoms with Crippen LogP contribution < -0.4 is 15.5 Å². The molecule has 1 heterocycles. The average molecular weight is 351 g/mol. The Morgan fingerprint density at radius 1 is 1.08 bits per heavy atom. The molecule has 5 heteroatoms. The van der Waals surface area contributed by atoms with Crippen LogP contribution in [0.25, 0.3) is 11.0 Å². The monoisotopic (exact) mass is 351 g/mol. The topological polar surface area (TPSA) is 68.5 Å². The molecule has 0 fully saturated rings. The van der Waals surface area contributed by atoms with Gasteiger partial charge in [-0.2, -0.15) is 0 Å². The lowest BCUT2D eigenvalue weighted by atomic mass is 10.0. The standard InChI is InChI=1S/C21H21NO4/c1-12-5-7-18(25-4)15(9-12)14(3)22-21(24)20-11-17(23)16-10-13(2)6-8-19(16)26-20/h5-11,14H,1-4H3,(H,22,24). The zero-order valence-electron chi connectivity index (χ0n) is 15.3. The molecule has 2 aromatic carbocycles. The van der Waals surface area contributed by atoms with Gasteiger partial charge in [0.05, 0.1) is 18.5 Å². The lowest BCUT2D eigenvalue weighted by Crippen LogP contribution is -2.27. The third kappa shape index (κ3) is 3.47. The van der Waals surface area contributed by atoms with Crippen LogP contribution in [0.4, 0.5) is 0 Å². The van der Waals surface area contributed by atoms with E-state index in [1.807, 2.05) is 45.0 Å². The van der Waals surface area contributed by atoms with Crippen molar-refractivity contribution in [1.82, 2.24) is 5.32 Å². The molecule has 1 N–H and O–H groups in total. The second kappa shape index (κ2) is 7.04. The molecule has 0 radical (unpaired) electrons. The average Bonchev–Trinajstić information content (AvgIpc) is 2.62. The number of methoxy groups -OCH3 is 1. The Kier molecular flexibility index (Phi) is 4.80. The van der Waals surface area contributed by atoms with Gasteiger partial charge in [0.1, 0.15) is 11.3 Å². The highest BCUT2D eigenvalue weighted by Gasteiger charge is 2.18. The smallest absolute Gasteiger partial charge is 0.287 e. The van der Waals surface area contributed by atoms with Crippen molar-refractivity contribution in [1.29, 1.82) is 0 Å². The molecular formula is C21H21NO4. The maximum Gasteiger partial charge on any atom is 0.287 e. The summed E-state index contributed by atoms with van der Waals surface area (Å²) in [5.74, 6) is 0.240. The van der Waals surface area contributed by atoms with Gasteiger partial charge in [0.2, 0.25) is 0 Å². The van der Waals surface area contributed by atoms with Gasteiger partial charge in [-0.15, -0.1) is 0 Å². The third-order valence-corrected chi connectivity index (χ3v) is 4.31. The molecule has 26 heavy (non-hydrogen) atoms. The quantitative estimate of drug-likeness (QED) is 0.774. The predicted molar refractivity (Wildman–Crippen MR) is 101 cm³/mol. The molecule has 1 unspecified atom stereocenters. The van der Waals surface area contributed by atoms with Gasteiger partial charge in [0.25, 0.3) is 5.91 Å². The predicted octanol–water partition coefficient (Wildman–Crippen LogP) is 3.91. The minimum Gasteiger partial charge on any atom is -0.496 e. The van der Waals surface area contributed by atoms with Crippen LogP contribution in [0, 0.1) is 13.8 Å². The highest BCUT2D eigenvalue weighted by atomic mass is 16.5. The number of hydrogen-bond donors (Lipinski definition) is 1. The summed E-state index contributed by atoms with van der Waals surface area (Å²) in [6.45, 7) is 5.73. The van der Waals surface area contributed by atoms with E-state index in [2.05, 4.69) is 5.32 Å². The molecule has 134 valence electrons. The Hall–Kier alpha value is -3.08. The van der Waals surface area contributed by atoms with Crippen LogP contribution in [-0.2, 0) is 0 Å². The number of ether oxygens (including phenoxy) is 1. The summed E-state index contributed by atoms with van der Waals surface area (Å²) in [6, 6.07) is 12.0. The normalized spacial score (nSPS) is 12.0. The number of benzene rings is 2. The lowest BCUT2D eigenvalue weighted by Gasteiger charge is -2.17. The second-order valence-corrected chi connectivity index (χ2v) is 6.42. The lowest BCUT2D eigenvalue weighted by molar-refractivity contribution is 0.0912. The number of hydrogen-bond acceptors (Lipinski definition) is 4. The molecule has 0 aliphatic heterocycles. The summed E-state index contributed by atoms with van der Waals surface area (Å²) in [6.07, 6.45) is 0. The minimum atomic E-state index is -0.444. The van der Waals surface area contributed by atoms with Crippen molar-refractivity contribution in [2.75, 3.05) is 7.11 Å². The number of carbonyl (C=O) groups excluding carboxylic acids is 1. The summed E-state index contributed by atoms with van der Waals surface area (Å²) in [7, 11) is 1.59. The van der Waals surface area contributed by atoms with Crippen LogP contribution in [0.15, 0.2) is 51.7 Å². The summed E-state index contributed by atoms with van der Waals surface area (Å²) in [5.41, 5.74) is 3.05. The SMILES string of the molecule is COc1ccc(C)cc1C(C)NC(=O)c1cc(=O)c2cc(C)ccc2o1. The molecule has 0 saturated carbocycles. The summed E-state index contributed by atoms with van der Waals surface area (Å²) < 4.78 is 11.0. The van der Waals surface area contributed by atoms with Crippen LogP contribution in [-0.4, -0.2) is 13.0 Å². The van der Waals surface area contributed by atoms with Gasteiger partial charge < -0.3 is 14.5 Å². The fraction of sp³-hybridized carbons (Fsp3) is 0.238. The minimum absolute atomic E-state index is 0.00942. The first-order valence-electron chi connectivity index (χ1n) is 8.39. The van der Waals surface area contributed by atoms with Crippen LogP contribution in [0.5, 0.6) is 5.75 Å². The van der Waals surface area contributed by atoms with Gasteiger partial charge in [-0.3, -0.25) is 9.59 Å². The first kappa shape index (κ1) is 17.7. The summed E-state index contributed by atoms with van der Waals surface area (Å²) in [4.78, 5) is 24.9. The molecule has 1 amide bonds. The second-order valence-electron chi connectivity index (χ2n) is 6.42. The van der Waals surface area contributed by atoms with Gasteiger partial charge in [0.15, 0.2) is 11.2 Å². The third-order valence-electron chi connectivity index (χ3n) is 4.31. The van der Waals surface area contributed by atoms with E-state index in [-0.39, 0.29) is 17.2 Å². The highest BCUT2D eigenvalue weighted by Crippen LogP contribution is 2.26. The maximum atomic E-state index is 12.6. The van der Waals surface area contributed by atoms with Gasteiger partial charge >= 0.3 is 0 Å². The molecular weight excluding hydrogens is 330 g/mol. The van der Waals surface area contributed by atoms with Crippen molar-refractivity contribution in [2.24, 2.45) is 0 Å². The molecule has 0 saturated heterocycles. The Morgan fingerprint density at radius 2 is 1.77 bits per heavy atom. The number of amides is 1. The van der Waals surface area contributed by atoms with Crippen molar-refractivity contribution in [3.8, 4) is 5.75 Å². The molecule has 0 bridgehead atoms. The van der Waals surface area contributed by atoms with Crippen molar-refractivity contribution in [3.05, 3.63) is 75.1 Å².